The van der Waals surface area contributed by atoms with Crippen LogP contribution < -0.4 is 0 Å². The van der Waals surface area contributed by atoms with Gasteiger partial charge in [-0.05, 0) is 117 Å². The summed E-state index contributed by atoms with van der Waals surface area (Å²) in [6.45, 7) is 5.91. The molecule has 0 nitrogen and oxygen atoms in total. The van der Waals surface area contributed by atoms with E-state index in [9.17, 15) is 0 Å². The quantitative estimate of drug-likeness (QED) is 0.366. The highest BCUT2D eigenvalue weighted by atomic mass is 19.1. The highest BCUT2D eigenvalue weighted by Gasteiger charge is 2.36. The maximum atomic E-state index is 15.2. The SMILES string of the molecule is C=CCCc1ccc(-c2ccc(C3CCC4CC(CC/C=C/C)CCC4C3)c(F)c2)cc1. The molecule has 0 aromatic heterocycles. The second kappa shape index (κ2) is 11.1. The van der Waals surface area contributed by atoms with Crippen LogP contribution in [0.5, 0.6) is 0 Å². The van der Waals surface area contributed by atoms with Gasteiger partial charge in [0.2, 0.25) is 0 Å². The third kappa shape index (κ3) is 5.61. The molecule has 0 bridgehead atoms. The molecular weight excluding hydrogens is 391 g/mol. The van der Waals surface area contributed by atoms with Gasteiger partial charge < -0.3 is 0 Å². The van der Waals surface area contributed by atoms with Crippen molar-refractivity contribution in [2.24, 2.45) is 17.8 Å². The number of aryl methyl sites for hydroxylation is 1. The molecule has 170 valence electrons. The molecule has 4 rings (SSSR count). The van der Waals surface area contributed by atoms with Crippen molar-refractivity contribution in [2.75, 3.05) is 0 Å². The molecule has 4 unspecified atom stereocenters. The molecule has 0 saturated heterocycles. The van der Waals surface area contributed by atoms with E-state index >= 15 is 4.39 Å². The van der Waals surface area contributed by atoms with Crippen molar-refractivity contribution in [1.29, 1.82) is 0 Å². The van der Waals surface area contributed by atoms with Gasteiger partial charge in [-0.15, -0.1) is 6.58 Å². The van der Waals surface area contributed by atoms with Crippen LogP contribution in [0.2, 0.25) is 0 Å². The van der Waals surface area contributed by atoms with Crippen LogP contribution in [0.15, 0.2) is 67.3 Å². The van der Waals surface area contributed by atoms with E-state index in [0.717, 1.165) is 53.7 Å². The summed E-state index contributed by atoms with van der Waals surface area (Å²) in [5.41, 5.74) is 4.33. The summed E-state index contributed by atoms with van der Waals surface area (Å²) in [6, 6.07) is 14.5. The van der Waals surface area contributed by atoms with Crippen LogP contribution in [-0.4, -0.2) is 0 Å². The highest BCUT2D eigenvalue weighted by Crippen LogP contribution is 2.48. The van der Waals surface area contributed by atoms with Crippen molar-refractivity contribution in [2.45, 2.75) is 77.0 Å². The van der Waals surface area contributed by atoms with Crippen molar-refractivity contribution < 1.29 is 4.39 Å². The van der Waals surface area contributed by atoms with Gasteiger partial charge in [-0.2, -0.15) is 0 Å². The second-order valence-electron chi connectivity index (χ2n) is 10.1. The monoisotopic (exact) mass is 430 g/mol. The summed E-state index contributed by atoms with van der Waals surface area (Å²) < 4.78 is 15.2. The first-order valence-corrected chi connectivity index (χ1v) is 12.8. The minimum atomic E-state index is -0.0123. The Labute approximate surface area is 194 Å². The van der Waals surface area contributed by atoms with Gasteiger partial charge in [-0.25, -0.2) is 4.39 Å². The Bertz CT molecular complexity index is 907. The molecule has 0 amide bonds. The van der Waals surface area contributed by atoms with Gasteiger partial charge in [-0.1, -0.05) is 61.0 Å². The summed E-state index contributed by atoms with van der Waals surface area (Å²) in [4.78, 5) is 0. The maximum absolute atomic E-state index is 15.2. The van der Waals surface area contributed by atoms with Gasteiger partial charge >= 0.3 is 0 Å². The fraction of sp³-hybridized carbons (Fsp3) is 0.484. The molecule has 2 aromatic carbocycles. The van der Waals surface area contributed by atoms with Crippen LogP contribution in [0, 0.1) is 23.6 Å². The fourth-order valence-electron chi connectivity index (χ4n) is 6.20. The number of hydrogen-bond acceptors (Lipinski definition) is 0. The van der Waals surface area contributed by atoms with Gasteiger partial charge in [0.15, 0.2) is 0 Å². The zero-order chi connectivity index (χ0) is 22.3. The van der Waals surface area contributed by atoms with Gasteiger partial charge in [0.1, 0.15) is 5.82 Å². The lowest BCUT2D eigenvalue weighted by Gasteiger charge is -2.42. The summed E-state index contributed by atoms with van der Waals surface area (Å²) >= 11 is 0. The Balaban J connectivity index is 1.37. The fourth-order valence-corrected chi connectivity index (χ4v) is 6.20. The number of benzene rings is 2. The van der Waals surface area contributed by atoms with E-state index in [2.05, 4.69) is 62.1 Å². The van der Waals surface area contributed by atoms with Gasteiger partial charge in [0, 0.05) is 0 Å². The van der Waals surface area contributed by atoms with E-state index < -0.39 is 0 Å². The minimum absolute atomic E-state index is 0.0123. The van der Waals surface area contributed by atoms with Crippen LogP contribution in [0.3, 0.4) is 0 Å². The minimum Gasteiger partial charge on any atom is -0.207 e. The Kier molecular flexibility index (Phi) is 8.00. The van der Waals surface area contributed by atoms with Crippen molar-refractivity contribution in [3.8, 4) is 11.1 Å². The third-order valence-electron chi connectivity index (χ3n) is 8.06. The summed E-state index contributed by atoms with van der Waals surface area (Å²) in [5, 5.41) is 0. The molecule has 32 heavy (non-hydrogen) atoms. The standard InChI is InChI=1S/C31H39F/c1-3-5-7-9-24-12-15-27-21-29(17-16-26(27)20-24)30-19-18-28(22-31(30)32)25-13-10-23(11-14-25)8-6-4-2/h3-5,10-11,13-14,18-19,22,24,26-27,29H,2,6-9,12,15-17,20-21H2,1H3/b5-3+. The Morgan fingerprint density at radius 1 is 0.906 bits per heavy atom. The second-order valence-corrected chi connectivity index (χ2v) is 10.1. The molecule has 2 aliphatic rings. The van der Waals surface area contributed by atoms with Crippen LogP contribution in [0.4, 0.5) is 4.39 Å². The zero-order valence-corrected chi connectivity index (χ0v) is 19.7. The number of halogens is 1. The van der Waals surface area contributed by atoms with Gasteiger partial charge in [-0.3, -0.25) is 0 Å². The van der Waals surface area contributed by atoms with Crippen LogP contribution in [0.25, 0.3) is 11.1 Å². The molecule has 0 aliphatic heterocycles. The molecule has 0 N–H and O–H groups in total. The first-order chi connectivity index (χ1) is 15.7. The van der Waals surface area contributed by atoms with Crippen LogP contribution >= 0.6 is 0 Å². The van der Waals surface area contributed by atoms with Gasteiger partial charge in [0.05, 0.1) is 0 Å². The summed E-state index contributed by atoms with van der Waals surface area (Å²) in [6.07, 6.45) is 18.8. The number of fused-ring (bicyclic) bond motifs is 1. The molecule has 1 heteroatoms. The largest absolute Gasteiger partial charge is 0.207 e. The zero-order valence-electron chi connectivity index (χ0n) is 19.7. The normalized spacial score (nSPS) is 25.6. The Hall–Kier alpha value is -2.15. The van der Waals surface area contributed by atoms with Crippen molar-refractivity contribution in [1.82, 2.24) is 0 Å². The van der Waals surface area contributed by atoms with Gasteiger partial charge in [0.25, 0.3) is 0 Å². The molecule has 0 heterocycles. The van der Waals surface area contributed by atoms with E-state index in [0.29, 0.717) is 5.92 Å². The smallest absolute Gasteiger partial charge is 0.127 e. The molecule has 2 saturated carbocycles. The Morgan fingerprint density at radius 3 is 2.41 bits per heavy atom. The Morgan fingerprint density at radius 2 is 1.66 bits per heavy atom. The third-order valence-corrected chi connectivity index (χ3v) is 8.06. The molecule has 2 aromatic rings. The first-order valence-electron chi connectivity index (χ1n) is 12.8. The van der Waals surface area contributed by atoms with E-state index in [1.165, 1.54) is 50.5 Å². The molecular formula is C31H39F. The molecule has 4 atom stereocenters. The lowest BCUT2D eigenvalue weighted by atomic mass is 9.63. The highest BCUT2D eigenvalue weighted by molar-refractivity contribution is 5.64. The predicted octanol–water partition coefficient (Wildman–Crippen LogP) is 9.27. The molecule has 0 radical (unpaired) electrons. The predicted molar refractivity (Wildman–Crippen MR) is 135 cm³/mol. The lowest BCUT2D eigenvalue weighted by Crippen LogP contribution is -2.30. The average molecular weight is 431 g/mol. The van der Waals surface area contributed by atoms with Crippen molar-refractivity contribution in [3.63, 3.8) is 0 Å². The first kappa shape index (κ1) is 23.0. The van der Waals surface area contributed by atoms with E-state index in [1.807, 2.05) is 6.08 Å². The lowest BCUT2D eigenvalue weighted by molar-refractivity contribution is 0.114. The van der Waals surface area contributed by atoms with E-state index in [4.69, 9.17) is 0 Å². The topological polar surface area (TPSA) is 0 Å². The average Bonchev–Trinajstić information content (AvgIpc) is 2.83. The van der Waals surface area contributed by atoms with E-state index in [1.54, 1.807) is 6.07 Å². The number of rotatable bonds is 8. The number of allylic oxidation sites excluding steroid dienone is 3. The van der Waals surface area contributed by atoms with E-state index in [-0.39, 0.29) is 5.82 Å². The molecule has 2 fully saturated rings. The summed E-state index contributed by atoms with van der Waals surface area (Å²) in [7, 11) is 0. The van der Waals surface area contributed by atoms with Crippen LogP contribution in [-0.2, 0) is 6.42 Å². The van der Waals surface area contributed by atoms with Crippen molar-refractivity contribution in [3.05, 3.63) is 84.2 Å². The van der Waals surface area contributed by atoms with Crippen molar-refractivity contribution >= 4 is 0 Å². The van der Waals surface area contributed by atoms with Crippen LogP contribution in [0.1, 0.15) is 81.8 Å². The maximum Gasteiger partial charge on any atom is 0.127 e. The number of hydrogen-bond donors (Lipinski definition) is 0. The molecule has 0 spiro atoms. The molecule has 2 aliphatic carbocycles. The summed E-state index contributed by atoms with van der Waals surface area (Å²) in [5.74, 6) is 2.96.